The van der Waals surface area contributed by atoms with E-state index >= 15 is 0 Å². The highest BCUT2D eigenvalue weighted by molar-refractivity contribution is 9.10. The van der Waals surface area contributed by atoms with Crippen LogP contribution >= 0.6 is 15.9 Å². The lowest BCUT2D eigenvalue weighted by atomic mass is 10.2. The number of nitrogens with zero attached hydrogens (tertiary/aromatic N) is 1. The second-order valence-electron chi connectivity index (χ2n) is 4.44. The number of anilines is 1. The Labute approximate surface area is 131 Å². The van der Waals surface area contributed by atoms with Gasteiger partial charge in [0.15, 0.2) is 6.61 Å². The zero-order valence-corrected chi connectivity index (χ0v) is 13.0. The van der Waals surface area contributed by atoms with Crippen LogP contribution in [0.4, 0.5) is 5.69 Å². The molecule has 0 bridgehead atoms. The predicted molar refractivity (Wildman–Crippen MR) is 84.2 cm³/mol. The van der Waals surface area contributed by atoms with Crippen molar-refractivity contribution in [3.8, 4) is 11.8 Å². The van der Waals surface area contributed by atoms with Crippen molar-refractivity contribution in [1.29, 1.82) is 5.26 Å². The summed E-state index contributed by atoms with van der Waals surface area (Å²) in [7, 11) is 0. The first-order chi connectivity index (χ1) is 10.1. The van der Waals surface area contributed by atoms with E-state index in [4.69, 9.17) is 10.00 Å². The van der Waals surface area contributed by atoms with Crippen LogP contribution in [0.3, 0.4) is 0 Å². The van der Waals surface area contributed by atoms with Gasteiger partial charge in [-0.15, -0.1) is 0 Å². The van der Waals surface area contributed by atoms with Crippen molar-refractivity contribution < 1.29 is 9.53 Å². The van der Waals surface area contributed by atoms with E-state index in [9.17, 15) is 4.79 Å². The molecule has 0 aliphatic rings. The largest absolute Gasteiger partial charge is 0.484 e. The summed E-state index contributed by atoms with van der Waals surface area (Å²) < 4.78 is 6.43. The van der Waals surface area contributed by atoms with E-state index in [2.05, 4.69) is 21.2 Å². The second kappa shape index (κ2) is 6.91. The number of aryl methyl sites for hydroxylation is 1. The van der Waals surface area contributed by atoms with Gasteiger partial charge in [-0.3, -0.25) is 4.79 Å². The quantitative estimate of drug-likeness (QED) is 0.920. The van der Waals surface area contributed by atoms with Gasteiger partial charge in [0.1, 0.15) is 5.75 Å². The smallest absolute Gasteiger partial charge is 0.262 e. The Balaban J connectivity index is 1.89. The third-order valence-electron chi connectivity index (χ3n) is 2.80. The summed E-state index contributed by atoms with van der Waals surface area (Å²) in [6.07, 6.45) is 0. The van der Waals surface area contributed by atoms with Crippen LogP contribution in [0, 0.1) is 18.3 Å². The molecular weight excluding hydrogens is 332 g/mol. The van der Waals surface area contributed by atoms with Crippen LogP contribution in [-0.4, -0.2) is 12.5 Å². The molecule has 0 saturated heterocycles. The van der Waals surface area contributed by atoms with E-state index < -0.39 is 0 Å². The molecule has 0 unspecified atom stereocenters. The fourth-order valence-electron chi connectivity index (χ4n) is 1.68. The molecule has 0 saturated carbocycles. The molecule has 0 fully saturated rings. The molecule has 4 nitrogen and oxygen atoms in total. The molecule has 2 aromatic carbocycles. The maximum atomic E-state index is 11.8. The third-order valence-corrected chi connectivity index (χ3v) is 3.69. The lowest BCUT2D eigenvalue weighted by Gasteiger charge is -2.08. The molecule has 0 radical (unpaired) electrons. The number of ether oxygens (including phenoxy) is 1. The number of hydrogen-bond donors (Lipinski definition) is 1. The van der Waals surface area contributed by atoms with Gasteiger partial charge in [0, 0.05) is 10.2 Å². The second-order valence-corrected chi connectivity index (χ2v) is 5.29. The van der Waals surface area contributed by atoms with Crippen molar-refractivity contribution in [3.63, 3.8) is 0 Å². The van der Waals surface area contributed by atoms with Crippen molar-refractivity contribution in [3.05, 3.63) is 58.1 Å². The Morgan fingerprint density at radius 1 is 1.29 bits per heavy atom. The fourth-order valence-corrected chi connectivity index (χ4v) is 1.93. The van der Waals surface area contributed by atoms with Gasteiger partial charge in [0.2, 0.25) is 0 Å². The third kappa shape index (κ3) is 4.33. The first-order valence-corrected chi connectivity index (χ1v) is 7.07. The average molecular weight is 345 g/mol. The van der Waals surface area contributed by atoms with E-state index in [1.54, 1.807) is 30.3 Å². The predicted octanol–water partition coefficient (Wildman–Crippen LogP) is 3.65. The molecule has 21 heavy (non-hydrogen) atoms. The van der Waals surface area contributed by atoms with E-state index in [0.29, 0.717) is 17.0 Å². The zero-order chi connectivity index (χ0) is 15.2. The van der Waals surface area contributed by atoms with Crippen LogP contribution in [0.25, 0.3) is 0 Å². The summed E-state index contributed by atoms with van der Waals surface area (Å²) in [5.74, 6) is 0.394. The topological polar surface area (TPSA) is 62.1 Å². The summed E-state index contributed by atoms with van der Waals surface area (Å²) in [6, 6.07) is 14.2. The number of rotatable bonds is 4. The highest BCUT2D eigenvalue weighted by Crippen LogP contribution is 2.21. The van der Waals surface area contributed by atoms with Crippen molar-refractivity contribution in [1.82, 2.24) is 0 Å². The van der Waals surface area contributed by atoms with Crippen LogP contribution < -0.4 is 10.1 Å². The van der Waals surface area contributed by atoms with Gasteiger partial charge in [-0.25, -0.2) is 0 Å². The lowest BCUT2D eigenvalue weighted by molar-refractivity contribution is -0.118. The molecule has 0 heterocycles. The number of nitriles is 1. The number of carbonyl (C=O) groups is 1. The van der Waals surface area contributed by atoms with Gasteiger partial charge < -0.3 is 10.1 Å². The number of hydrogen-bond acceptors (Lipinski definition) is 3. The number of benzene rings is 2. The maximum absolute atomic E-state index is 11.8. The van der Waals surface area contributed by atoms with Crippen LogP contribution in [0.1, 0.15) is 11.1 Å². The number of amides is 1. The first-order valence-electron chi connectivity index (χ1n) is 6.27. The highest BCUT2D eigenvalue weighted by atomic mass is 79.9. The molecule has 2 rings (SSSR count). The Hall–Kier alpha value is -2.32. The molecule has 0 aromatic heterocycles. The van der Waals surface area contributed by atoms with E-state index in [1.165, 1.54) is 0 Å². The van der Waals surface area contributed by atoms with Crippen LogP contribution in [0.2, 0.25) is 0 Å². The molecule has 5 heteroatoms. The minimum absolute atomic E-state index is 0.0684. The summed E-state index contributed by atoms with van der Waals surface area (Å²) in [5, 5.41) is 11.4. The van der Waals surface area contributed by atoms with E-state index in [1.807, 2.05) is 25.1 Å². The molecule has 1 N–H and O–H groups in total. The van der Waals surface area contributed by atoms with E-state index in [-0.39, 0.29) is 12.5 Å². The first kappa shape index (κ1) is 15.1. The van der Waals surface area contributed by atoms with Gasteiger partial charge in [-0.1, -0.05) is 15.9 Å². The van der Waals surface area contributed by atoms with Crippen molar-refractivity contribution in [2.45, 2.75) is 6.92 Å². The monoisotopic (exact) mass is 344 g/mol. The molecular formula is C16H13BrN2O2. The van der Waals surface area contributed by atoms with Gasteiger partial charge in [-0.05, 0) is 55.0 Å². The van der Waals surface area contributed by atoms with Crippen molar-refractivity contribution >= 4 is 27.5 Å². The minimum Gasteiger partial charge on any atom is -0.484 e. The normalized spacial score (nSPS) is 9.76. The van der Waals surface area contributed by atoms with Gasteiger partial charge in [0.05, 0.1) is 11.6 Å². The molecule has 106 valence electrons. The molecule has 2 aromatic rings. The van der Waals surface area contributed by atoms with E-state index in [0.717, 1.165) is 10.0 Å². The molecule has 0 aliphatic carbocycles. The van der Waals surface area contributed by atoms with Gasteiger partial charge in [-0.2, -0.15) is 5.26 Å². The summed E-state index contributed by atoms with van der Waals surface area (Å²) >= 11 is 3.41. The summed E-state index contributed by atoms with van der Waals surface area (Å²) in [5.41, 5.74) is 2.23. The average Bonchev–Trinajstić information content (AvgIpc) is 2.49. The number of halogens is 1. The van der Waals surface area contributed by atoms with Crippen LogP contribution in [0.15, 0.2) is 46.9 Å². The summed E-state index contributed by atoms with van der Waals surface area (Å²) in [6.45, 7) is 1.88. The van der Waals surface area contributed by atoms with Crippen LogP contribution in [0.5, 0.6) is 5.75 Å². The lowest BCUT2D eigenvalue weighted by Crippen LogP contribution is -2.20. The molecule has 1 amide bonds. The van der Waals surface area contributed by atoms with Crippen molar-refractivity contribution in [2.24, 2.45) is 0 Å². The maximum Gasteiger partial charge on any atom is 0.262 e. The molecule has 0 aliphatic heterocycles. The summed E-state index contributed by atoms with van der Waals surface area (Å²) in [4.78, 5) is 11.8. The Morgan fingerprint density at radius 2 is 2.00 bits per heavy atom. The Bertz CT molecular complexity index is 690. The number of carbonyl (C=O) groups excluding carboxylic acids is 1. The fraction of sp³-hybridized carbons (Fsp3) is 0.125. The SMILES string of the molecule is Cc1cc(OCC(=O)Nc2ccc(C#N)cc2)ccc1Br. The highest BCUT2D eigenvalue weighted by Gasteiger charge is 2.05. The minimum atomic E-state index is -0.250. The Kier molecular flexibility index (Phi) is 4.96. The molecule has 0 spiro atoms. The van der Waals surface area contributed by atoms with Crippen LogP contribution in [-0.2, 0) is 4.79 Å². The Morgan fingerprint density at radius 3 is 2.62 bits per heavy atom. The zero-order valence-electron chi connectivity index (χ0n) is 11.4. The number of nitrogens with one attached hydrogen (secondary N) is 1. The van der Waals surface area contributed by atoms with Gasteiger partial charge >= 0.3 is 0 Å². The van der Waals surface area contributed by atoms with Crippen molar-refractivity contribution in [2.75, 3.05) is 11.9 Å². The molecule has 0 atom stereocenters. The van der Waals surface area contributed by atoms with Gasteiger partial charge in [0.25, 0.3) is 5.91 Å². The standard InChI is InChI=1S/C16H13BrN2O2/c1-11-8-14(6-7-15(11)17)21-10-16(20)19-13-4-2-12(9-18)3-5-13/h2-8H,10H2,1H3,(H,19,20).